The second kappa shape index (κ2) is 10.4. The number of sulfonamides is 1. The van der Waals surface area contributed by atoms with Gasteiger partial charge in [-0.1, -0.05) is 59.6 Å². The molecule has 0 radical (unpaired) electrons. The summed E-state index contributed by atoms with van der Waals surface area (Å²) in [5, 5.41) is 3.50. The van der Waals surface area contributed by atoms with E-state index in [1.807, 2.05) is 13.0 Å². The lowest BCUT2D eigenvalue weighted by atomic mass is 9.89. The minimum absolute atomic E-state index is 0.0710. The standard InChI is InChI=1S/C26H26Cl2N2O3S/c1-18(20-12-11-19-7-5-6-8-21(19)13-20)29-26(31)17-30(24-15-22(27)14-23(28)16-24)34(32,33)25-9-3-2-4-10-25/h2-4,9-16,18H,5-8,17H2,1H3,(H,29,31)/t18-/m0/s1. The molecule has 0 saturated carbocycles. The second-order valence-electron chi connectivity index (χ2n) is 8.48. The third kappa shape index (κ3) is 5.57. The Labute approximate surface area is 210 Å². The Balaban J connectivity index is 1.59. The summed E-state index contributed by atoms with van der Waals surface area (Å²) in [4.78, 5) is 13.1. The van der Waals surface area contributed by atoms with Crippen LogP contribution in [0.3, 0.4) is 0 Å². The Morgan fingerprint density at radius 2 is 1.59 bits per heavy atom. The molecule has 5 nitrogen and oxygen atoms in total. The first-order chi connectivity index (χ1) is 16.2. The van der Waals surface area contributed by atoms with Gasteiger partial charge >= 0.3 is 0 Å². The van der Waals surface area contributed by atoms with Crippen LogP contribution in [0.4, 0.5) is 5.69 Å². The first-order valence-electron chi connectivity index (χ1n) is 11.2. The molecular formula is C26H26Cl2N2O3S. The van der Waals surface area contributed by atoms with Gasteiger partial charge in [0.1, 0.15) is 6.54 Å². The van der Waals surface area contributed by atoms with E-state index >= 15 is 0 Å². The van der Waals surface area contributed by atoms with E-state index in [9.17, 15) is 13.2 Å². The first kappa shape index (κ1) is 24.6. The summed E-state index contributed by atoms with van der Waals surface area (Å²) in [5.74, 6) is -0.430. The van der Waals surface area contributed by atoms with Crippen molar-refractivity contribution in [3.63, 3.8) is 0 Å². The average Bonchev–Trinajstić information content (AvgIpc) is 2.82. The predicted octanol–water partition coefficient (Wildman–Crippen LogP) is 5.94. The van der Waals surface area contributed by atoms with E-state index in [-0.39, 0.29) is 26.7 Å². The molecule has 3 aromatic rings. The van der Waals surface area contributed by atoms with Crippen LogP contribution < -0.4 is 9.62 Å². The third-order valence-electron chi connectivity index (χ3n) is 6.00. The molecule has 1 atom stereocenters. The molecule has 3 aromatic carbocycles. The first-order valence-corrected chi connectivity index (χ1v) is 13.4. The maximum absolute atomic E-state index is 13.5. The largest absolute Gasteiger partial charge is 0.348 e. The molecule has 0 bridgehead atoms. The fraction of sp³-hybridized carbons (Fsp3) is 0.269. The van der Waals surface area contributed by atoms with Gasteiger partial charge in [0.05, 0.1) is 16.6 Å². The number of amides is 1. The number of carbonyl (C=O) groups is 1. The number of aryl methyl sites for hydroxylation is 2. The van der Waals surface area contributed by atoms with Crippen molar-refractivity contribution >= 4 is 44.8 Å². The minimum atomic E-state index is -4.04. The van der Waals surface area contributed by atoms with Crippen LogP contribution in [0.1, 0.15) is 42.5 Å². The number of fused-ring (bicyclic) bond motifs is 1. The van der Waals surface area contributed by atoms with Crippen molar-refractivity contribution < 1.29 is 13.2 Å². The second-order valence-corrected chi connectivity index (χ2v) is 11.2. The van der Waals surface area contributed by atoms with Gasteiger partial charge in [-0.05, 0) is 79.6 Å². The molecule has 1 amide bonds. The molecule has 1 N–H and O–H groups in total. The van der Waals surface area contributed by atoms with E-state index in [0.717, 1.165) is 22.7 Å². The van der Waals surface area contributed by atoms with Gasteiger partial charge in [-0.25, -0.2) is 8.42 Å². The molecule has 0 heterocycles. The zero-order chi connectivity index (χ0) is 24.3. The molecule has 0 unspecified atom stereocenters. The van der Waals surface area contributed by atoms with Gasteiger partial charge in [0.2, 0.25) is 5.91 Å². The molecule has 0 spiro atoms. The summed E-state index contributed by atoms with van der Waals surface area (Å²) in [6, 6.07) is 18.5. The number of hydrogen-bond donors (Lipinski definition) is 1. The molecule has 0 saturated heterocycles. The minimum Gasteiger partial charge on any atom is -0.348 e. The summed E-state index contributed by atoms with van der Waals surface area (Å²) < 4.78 is 28.0. The zero-order valence-corrected chi connectivity index (χ0v) is 21.1. The van der Waals surface area contributed by atoms with Crippen LogP contribution in [-0.4, -0.2) is 20.9 Å². The van der Waals surface area contributed by atoms with Gasteiger partial charge in [0.25, 0.3) is 10.0 Å². The molecule has 0 fully saturated rings. The smallest absolute Gasteiger partial charge is 0.264 e. The average molecular weight is 517 g/mol. The molecule has 34 heavy (non-hydrogen) atoms. The molecule has 0 aromatic heterocycles. The summed E-state index contributed by atoms with van der Waals surface area (Å²) in [7, 11) is -4.04. The third-order valence-corrected chi connectivity index (χ3v) is 8.23. The molecule has 1 aliphatic carbocycles. The van der Waals surface area contributed by atoms with Crippen LogP contribution in [0.25, 0.3) is 0 Å². The number of rotatable bonds is 7. The van der Waals surface area contributed by atoms with Crippen LogP contribution in [0, 0.1) is 0 Å². The van der Waals surface area contributed by atoms with Gasteiger partial charge in [-0.3, -0.25) is 9.10 Å². The monoisotopic (exact) mass is 516 g/mol. The summed E-state index contributed by atoms with van der Waals surface area (Å²) in [5.41, 5.74) is 3.91. The van der Waals surface area contributed by atoms with Gasteiger partial charge < -0.3 is 5.32 Å². The van der Waals surface area contributed by atoms with E-state index in [1.165, 1.54) is 54.3 Å². The SMILES string of the molecule is C[C@H](NC(=O)CN(c1cc(Cl)cc(Cl)c1)S(=O)(=O)c1ccccc1)c1ccc2c(c1)CCCC2. The summed E-state index contributed by atoms with van der Waals surface area (Å²) in [6.07, 6.45) is 4.51. The highest BCUT2D eigenvalue weighted by molar-refractivity contribution is 7.92. The van der Waals surface area contributed by atoms with Gasteiger partial charge in [0, 0.05) is 10.0 Å². The Morgan fingerprint density at radius 1 is 0.941 bits per heavy atom. The number of nitrogens with zero attached hydrogens (tertiary/aromatic N) is 1. The van der Waals surface area contributed by atoms with Crippen LogP contribution in [0.2, 0.25) is 10.0 Å². The highest BCUT2D eigenvalue weighted by Gasteiger charge is 2.28. The normalized spacial score (nSPS) is 14.2. The molecular weight excluding hydrogens is 491 g/mol. The number of carbonyl (C=O) groups excluding carboxylic acids is 1. The van der Waals surface area contributed by atoms with Crippen molar-refractivity contribution in [3.05, 3.63) is 93.5 Å². The highest BCUT2D eigenvalue weighted by atomic mass is 35.5. The van der Waals surface area contributed by atoms with E-state index in [0.29, 0.717) is 0 Å². The van der Waals surface area contributed by atoms with E-state index in [2.05, 4.69) is 17.4 Å². The van der Waals surface area contributed by atoms with Crippen LogP contribution in [0.5, 0.6) is 0 Å². The van der Waals surface area contributed by atoms with E-state index in [4.69, 9.17) is 23.2 Å². The van der Waals surface area contributed by atoms with Gasteiger partial charge in [0.15, 0.2) is 0 Å². The van der Waals surface area contributed by atoms with Crippen molar-refractivity contribution in [3.8, 4) is 0 Å². The fourth-order valence-corrected chi connectivity index (χ4v) is 6.18. The molecule has 1 aliphatic rings. The Morgan fingerprint density at radius 3 is 2.26 bits per heavy atom. The maximum Gasteiger partial charge on any atom is 0.264 e. The van der Waals surface area contributed by atoms with Crippen molar-refractivity contribution in [1.82, 2.24) is 5.32 Å². The summed E-state index contributed by atoms with van der Waals surface area (Å²) >= 11 is 12.3. The van der Waals surface area contributed by atoms with Crippen LogP contribution >= 0.6 is 23.2 Å². The topological polar surface area (TPSA) is 66.5 Å². The number of benzene rings is 3. The Hall–Kier alpha value is -2.54. The highest BCUT2D eigenvalue weighted by Crippen LogP contribution is 2.30. The lowest BCUT2D eigenvalue weighted by Crippen LogP contribution is -2.41. The van der Waals surface area contributed by atoms with Crippen molar-refractivity contribution in [1.29, 1.82) is 0 Å². The zero-order valence-electron chi connectivity index (χ0n) is 18.8. The quantitative estimate of drug-likeness (QED) is 0.422. The fourth-order valence-electron chi connectivity index (χ4n) is 4.24. The van der Waals surface area contributed by atoms with Crippen LogP contribution in [0.15, 0.2) is 71.6 Å². The predicted molar refractivity (Wildman–Crippen MR) is 137 cm³/mol. The molecule has 4 rings (SSSR count). The van der Waals surface area contributed by atoms with Crippen molar-refractivity contribution in [2.24, 2.45) is 0 Å². The number of halogens is 2. The van der Waals surface area contributed by atoms with Gasteiger partial charge in [-0.15, -0.1) is 0 Å². The van der Waals surface area contributed by atoms with Crippen molar-refractivity contribution in [2.45, 2.75) is 43.5 Å². The van der Waals surface area contributed by atoms with Gasteiger partial charge in [-0.2, -0.15) is 0 Å². The lowest BCUT2D eigenvalue weighted by molar-refractivity contribution is -0.120. The Bertz CT molecular complexity index is 1280. The van der Waals surface area contributed by atoms with E-state index in [1.54, 1.807) is 18.2 Å². The van der Waals surface area contributed by atoms with Crippen molar-refractivity contribution in [2.75, 3.05) is 10.8 Å². The summed E-state index contributed by atoms with van der Waals surface area (Å²) in [6.45, 7) is 1.48. The van der Waals surface area contributed by atoms with E-state index < -0.39 is 22.5 Å². The maximum atomic E-state index is 13.5. The Kier molecular flexibility index (Phi) is 7.51. The molecule has 0 aliphatic heterocycles. The number of hydrogen-bond acceptors (Lipinski definition) is 3. The molecule has 178 valence electrons. The molecule has 8 heteroatoms. The van der Waals surface area contributed by atoms with Crippen LogP contribution in [-0.2, 0) is 27.7 Å². The lowest BCUT2D eigenvalue weighted by Gasteiger charge is -2.26. The number of nitrogens with one attached hydrogen (secondary N) is 1. The number of anilines is 1.